The zero-order valence-electron chi connectivity index (χ0n) is 11.0. The highest BCUT2D eigenvalue weighted by molar-refractivity contribution is 6.33. The normalized spacial score (nSPS) is 12.5. The predicted molar refractivity (Wildman–Crippen MR) is 73.6 cm³/mol. The van der Waals surface area contributed by atoms with Crippen LogP contribution in [-0.2, 0) is 6.42 Å². The highest BCUT2D eigenvalue weighted by Crippen LogP contribution is 2.23. The summed E-state index contributed by atoms with van der Waals surface area (Å²) in [6.45, 7) is 6.43. The molecule has 1 unspecified atom stereocenters. The van der Waals surface area contributed by atoms with Gasteiger partial charge in [-0.1, -0.05) is 44.7 Å². The first-order valence-electron chi connectivity index (χ1n) is 6.44. The molecule has 0 aromatic carbocycles. The van der Waals surface area contributed by atoms with Crippen LogP contribution in [0.25, 0.3) is 0 Å². The Hall–Kier alpha value is -0.830. The van der Waals surface area contributed by atoms with Crippen LogP contribution < -0.4 is 5.32 Å². The molecule has 0 aliphatic heterocycles. The maximum atomic E-state index is 6.23. The number of hydrogen-bond acceptors (Lipinski definition) is 3. The van der Waals surface area contributed by atoms with Crippen molar-refractivity contribution in [1.82, 2.24) is 9.97 Å². The molecule has 0 radical (unpaired) electrons. The van der Waals surface area contributed by atoms with E-state index in [1.54, 1.807) is 6.33 Å². The summed E-state index contributed by atoms with van der Waals surface area (Å²) in [6.07, 6.45) is 7.33. The Morgan fingerprint density at radius 3 is 2.71 bits per heavy atom. The van der Waals surface area contributed by atoms with Gasteiger partial charge in [0, 0.05) is 6.04 Å². The van der Waals surface area contributed by atoms with Crippen molar-refractivity contribution >= 4 is 17.4 Å². The predicted octanol–water partition coefficient (Wildman–Crippen LogP) is 4.07. The number of rotatable bonds is 7. The third-order valence-corrected chi connectivity index (χ3v) is 3.22. The van der Waals surface area contributed by atoms with E-state index < -0.39 is 0 Å². The summed E-state index contributed by atoms with van der Waals surface area (Å²) in [4.78, 5) is 8.36. The Kier molecular flexibility index (Phi) is 6.27. The second kappa shape index (κ2) is 7.49. The van der Waals surface area contributed by atoms with Crippen molar-refractivity contribution in [2.45, 2.75) is 58.9 Å². The summed E-state index contributed by atoms with van der Waals surface area (Å²) in [5, 5.41) is 4.02. The average Bonchev–Trinajstić information content (AvgIpc) is 2.32. The van der Waals surface area contributed by atoms with Crippen LogP contribution in [0.5, 0.6) is 0 Å². The third kappa shape index (κ3) is 4.50. The Morgan fingerprint density at radius 2 is 2.06 bits per heavy atom. The molecule has 1 aromatic heterocycles. The first kappa shape index (κ1) is 14.2. The summed E-state index contributed by atoms with van der Waals surface area (Å²) >= 11 is 6.23. The molecular formula is C13H22ClN3. The van der Waals surface area contributed by atoms with Gasteiger partial charge in [-0.2, -0.15) is 0 Å². The lowest BCUT2D eigenvalue weighted by atomic mass is 10.1. The smallest absolute Gasteiger partial charge is 0.148 e. The van der Waals surface area contributed by atoms with Crippen LogP contribution in [0.15, 0.2) is 6.33 Å². The lowest BCUT2D eigenvalue weighted by Crippen LogP contribution is -2.16. The van der Waals surface area contributed by atoms with Crippen molar-refractivity contribution in [3.8, 4) is 0 Å². The molecule has 1 rings (SSSR count). The van der Waals surface area contributed by atoms with Gasteiger partial charge in [-0.15, -0.1) is 0 Å². The highest BCUT2D eigenvalue weighted by atomic mass is 35.5. The fourth-order valence-corrected chi connectivity index (χ4v) is 2.05. The summed E-state index contributed by atoms with van der Waals surface area (Å²) in [5.41, 5.74) is 0.907. The molecule has 96 valence electrons. The second-order valence-corrected chi connectivity index (χ2v) is 4.76. The van der Waals surface area contributed by atoms with Crippen LogP contribution in [0.4, 0.5) is 5.82 Å². The number of unbranched alkanes of at least 4 members (excludes halogenated alkanes) is 2. The van der Waals surface area contributed by atoms with Crippen LogP contribution >= 0.6 is 11.6 Å². The van der Waals surface area contributed by atoms with Crippen molar-refractivity contribution < 1.29 is 0 Å². The summed E-state index contributed by atoms with van der Waals surface area (Å²) < 4.78 is 0. The number of aryl methyl sites for hydroxylation is 1. The molecule has 4 heteroatoms. The fraction of sp³-hybridized carbons (Fsp3) is 0.692. The standard InChI is InChI=1S/C13H22ClN3/c1-4-6-7-8-10(3)17-13-12(14)11(5-2)15-9-16-13/h9-10H,4-8H2,1-3H3,(H,15,16,17). The van der Waals surface area contributed by atoms with Gasteiger partial charge in [-0.25, -0.2) is 9.97 Å². The molecule has 1 heterocycles. The molecule has 0 spiro atoms. The quantitative estimate of drug-likeness (QED) is 0.747. The van der Waals surface area contributed by atoms with Crippen molar-refractivity contribution in [2.75, 3.05) is 5.32 Å². The highest BCUT2D eigenvalue weighted by Gasteiger charge is 2.09. The monoisotopic (exact) mass is 255 g/mol. The molecule has 1 N–H and O–H groups in total. The van der Waals surface area contributed by atoms with E-state index in [4.69, 9.17) is 11.6 Å². The van der Waals surface area contributed by atoms with E-state index in [9.17, 15) is 0 Å². The zero-order chi connectivity index (χ0) is 12.7. The molecule has 1 aromatic rings. The van der Waals surface area contributed by atoms with Gasteiger partial charge in [0.15, 0.2) is 0 Å². The molecule has 3 nitrogen and oxygen atoms in total. The van der Waals surface area contributed by atoms with E-state index in [1.165, 1.54) is 19.3 Å². The van der Waals surface area contributed by atoms with Gasteiger partial charge in [-0.05, 0) is 19.8 Å². The maximum Gasteiger partial charge on any atom is 0.148 e. The lowest BCUT2D eigenvalue weighted by Gasteiger charge is -2.15. The Labute approximate surface area is 109 Å². The molecule has 0 amide bonds. The zero-order valence-corrected chi connectivity index (χ0v) is 11.7. The average molecular weight is 256 g/mol. The minimum atomic E-state index is 0.402. The second-order valence-electron chi connectivity index (χ2n) is 4.38. The maximum absolute atomic E-state index is 6.23. The van der Waals surface area contributed by atoms with Gasteiger partial charge in [-0.3, -0.25) is 0 Å². The van der Waals surface area contributed by atoms with Crippen LogP contribution in [0, 0.1) is 0 Å². The molecule has 0 aliphatic rings. The summed E-state index contributed by atoms with van der Waals surface area (Å²) in [6, 6.07) is 0.402. The Balaban J connectivity index is 2.55. The minimum absolute atomic E-state index is 0.402. The fourth-order valence-electron chi connectivity index (χ4n) is 1.76. The van der Waals surface area contributed by atoms with Gasteiger partial charge in [0.05, 0.1) is 5.69 Å². The summed E-state index contributed by atoms with van der Waals surface area (Å²) in [7, 11) is 0. The van der Waals surface area contributed by atoms with Gasteiger partial charge >= 0.3 is 0 Å². The van der Waals surface area contributed by atoms with Crippen LogP contribution in [0.1, 0.15) is 52.1 Å². The first-order valence-corrected chi connectivity index (χ1v) is 6.82. The van der Waals surface area contributed by atoms with E-state index in [2.05, 4.69) is 29.1 Å². The number of halogens is 1. The molecule has 17 heavy (non-hydrogen) atoms. The summed E-state index contributed by atoms with van der Waals surface area (Å²) in [5.74, 6) is 0.766. The first-order chi connectivity index (χ1) is 8.19. The van der Waals surface area contributed by atoms with Crippen molar-refractivity contribution in [3.63, 3.8) is 0 Å². The molecule has 0 aliphatic carbocycles. The molecule has 0 saturated carbocycles. The lowest BCUT2D eigenvalue weighted by molar-refractivity contribution is 0.613. The van der Waals surface area contributed by atoms with Gasteiger partial charge < -0.3 is 5.32 Å². The van der Waals surface area contributed by atoms with Gasteiger partial charge in [0.2, 0.25) is 0 Å². The number of nitrogens with zero attached hydrogens (tertiary/aromatic N) is 2. The third-order valence-electron chi connectivity index (χ3n) is 2.82. The van der Waals surface area contributed by atoms with E-state index >= 15 is 0 Å². The largest absolute Gasteiger partial charge is 0.366 e. The number of aromatic nitrogens is 2. The van der Waals surface area contributed by atoms with E-state index in [1.807, 2.05) is 6.92 Å². The SMILES string of the molecule is CCCCCC(C)Nc1ncnc(CC)c1Cl. The number of hydrogen-bond donors (Lipinski definition) is 1. The molecule has 0 bridgehead atoms. The van der Waals surface area contributed by atoms with Crippen LogP contribution in [-0.4, -0.2) is 16.0 Å². The van der Waals surface area contributed by atoms with E-state index in [0.717, 1.165) is 24.4 Å². The molecule has 0 fully saturated rings. The number of nitrogens with one attached hydrogen (secondary N) is 1. The molecule has 0 saturated heterocycles. The Bertz CT molecular complexity index is 341. The molecule has 1 atom stereocenters. The molecular weight excluding hydrogens is 234 g/mol. The van der Waals surface area contributed by atoms with E-state index in [0.29, 0.717) is 11.1 Å². The minimum Gasteiger partial charge on any atom is -0.366 e. The Morgan fingerprint density at radius 1 is 1.29 bits per heavy atom. The van der Waals surface area contributed by atoms with E-state index in [-0.39, 0.29) is 0 Å². The van der Waals surface area contributed by atoms with Crippen molar-refractivity contribution in [3.05, 3.63) is 17.0 Å². The van der Waals surface area contributed by atoms with Crippen molar-refractivity contribution in [1.29, 1.82) is 0 Å². The van der Waals surface area contributed by atoms with Crippen LogP contribution in [0.2, 0.25) is 5.02 Å². The number of anilines is 1. The van der Waals surface area contributed by atoms with Crippen LogP contribution in [0.3, 0.4) is 0 Å². The van der Waals surface area contributed by atoms with Gasteiger partial charge in [0.25, 0.3) is 0 Å². The van der Waals surface area contributed by atoms with Gasteiger partial charge in [0.1, 0.15) is 17.2 Å². The van der Waals surface area contributed by atoms with Crippen molar-refractivity contribution in [2.24, 2.45) is 0 Å². The topological polar surface area (TPSA) is 37.8 Å².